The van der Waals surface area contributed by atoms with Crippen LogP contribution in [-0.2, 0) is 0 Å². The normalized spacial score (nSPS) is 13.6. The molecule has 0 spiro atoms. The molecular weight excluding hydrogens is 374 g/mol. The Morgan fingerprint density at radius 2 is 1.62 bits per heavy atom. The van der Waals surface area contributed by atoms with Gasteiger partial charge in [-0.3, -0.25) is 14.6 Å². The van der Waals surface area contributed by atoms with Crippen molar-refractivity contribution in [3.8, 4) is 17.2 Å². The van der Waals surface area contributed by atoms with Gasteiger partial charge in [-0.2, -0.15) is 0 Å². The van der Waals surface area contributed by atoms with Crippen molar-refractivity contribution in [1.82, 2.24) is 10.3 Å². The van der Waals surface area contributed by atoms with Crippen LogP contribution in [0.5, 0.6) is 17.2 Å². The van der Waals surface area contributed by atoms with E-state index < -0.39 is 5.91 Å². The first-order valence-corrected chi connectivity index (χ1v) is 9.44. The van der Waals surface area contributed by atoms with E-state index in [1.54, 1.807) is 18.2 Å². The fourth-order valence-corrected chi connectivity index (χ4v) is 3.38. The molecule has 0 unspecified atom stereocenters. The zero-order valence-corrected chi connectivity index (χ0v) is 16.8. The molecule has 1 aliphatic rings. The van der Waals surface area contributed by atoms with Crippen molar-refractivity contribution < 1.29 is 23.8 Å². The Morgan fingerprint density at radius 3 is 2.21 bits per heavy atom. The van der Waals surface area contributed by atoms with Gasteiger partial charge in [-0.15, -0.1) is 0 Å². The topological polar surface area (TPSA) is 98.8 Å². The Kier molecular flexibility index (Phi) is 6.54. The summed E-state index contributed by atoms with van der Waals surface area (Å²) in [5.41, 5.74) is 0.992. The van der Waals surface area contributed by atoms with E-state index in [4.69, 9.17) is 14.2 Å². The molecule has 0 bridgehead atoms. The van der Waals surface area contributed by atoms with Crippen molar-refractivity contribution in [2.45, 2.75) is 31.7 Å². The van der Waals surface area contributed by atoms with E-state index in [0.717, 1.165) is 25.7 Å². The molecule has 1 heterocycles. The van der Waals surface area contributed by atoms with Gasteiger partial charge in [-0.25, -0.2) is 0 Å². The van der Waals surface area contributed by atoms with E-state index in [2.05, 4.69) is 15.6 Å². The number of hydrogen-bond acceptors (Lipinski definition) is 6. The molecule has 1 aliphatic carbocycles. The third-order valence-electron chi connectivity index (χ3n) is 4.87. The predicted octanol–water partition coefficient (Wildman–Crippen LogP) is 3.03. The molecule has 2 N–H and O–H groups in total. The van der Waals surface area contributed by atoms with Crippen molar-refractivity contribution in [1.29, 1.82) is 0 Å². The molecule has 1 saturated carbocycles. The molecule has 1 fully saturated rings. The van der Waals surface area contributed by atoms with Gasteiger partial charge in [0.1, 0.15) is 5.69 Å². The van der Waals surface area contributed by atoms with Crippen LogP contribution in [0, 0.1) is 0 Å². The third kappa shape index (κ3) is 4.77. The molecule has 3 rings (SSSR count). The van der Waals surface area contributed by atoms with Gasteiger partial charge in [0.05, 0.1) is 21.3 Å². The lowest BCUT2D eigenvalue weighted by Gasteiger charge is -2.15. The van der Waals surface area contributed by atoms with Gasteiger partial charge in [0, 0.05) is 35.6 Å². The van der Waals surface area contributed by atoms with E-state index in [-0.39, 0.29) is 17.6 Å². The second-order valence-corrected chi connectivity index (χ2v) is 6.75. The molecule has 8 heteroatoms. The highest BCUT2D eigenvalue weighted by molar-refractivity contribution is 6.05. The van der Waals surface area contributed by atoms with E-state index >= 15 is 0 Å². The molecule has 1 aromatic heterocycles. The lowest BCUT2D eigenvalue weighted by Crippen LogP contribution is -2.32. The van der Waals surface area contributed by atoms with Gasteiger partial charge in [0.25, 0.3) is 11.8 Å². The van der Waals surface area contributed by atoms with Crippen molar-refractivity contribution in [2.75, 3.05) is 26.6 Å². The number of carbonyl (C=O) groups excluding carboxylic acids is 2. The van der Waals surface area contributed by atoms with Crippen LogP contribution in [-0.4, -0.2) is 44.2 Å². The van der Waals surface area contributed by atoms with Crippen LogP contribution in [0.25, 0.3) is 0 Å². The van der Waals surface area contributed by atoms with Crippen molar-refractivity contribution in [3.05, 3.63) is 41.7 Å². The highest BCUT2D eigenvalue weighted by Crippen LogP contribution is 2.40. The Balaban J connectivity index is 1.76. The largest absolute Gasteiger partial charge is 0.493 e. The first-order valence-electron chi connectivity index (χ1n) is 9.44. The molecule has 2 aromatic rings. The molecule has 1 aromatic carbocycles. The van der Waals surface area contributed by atoms with Crippen LogP contribution in [0.3, 0.4) is 0 Å². The molecule has 0 atom stereocenters. The average molecular weight is 399 g/mol. The number of nitrogens with zero attached hydrogens (tertiary/aromatic N) is 1. The first-order chi connectivity index (χ1) is 14.0. The summed E-state index contributed by atoms with van der Waals surface area (Å²) in [4.78, 5) is 29.2. The average Bonchev–Trinajstić information content (AvgIpc) is 3.26. The van der Waals surface area contributed by atoms with E-state index in [0.29, 0.717) is 28.5 Å². The Bertz CT molecular complexity index is 869. The molecule has 0 aliphatic heterocycles. The molecule has 8 nitrogen and oxygen atoms in total. The number of aromatic nitrogens is 1. The van der Waals surface area contributed by atoms with Crippen LogP contribution in [0.1, 0.15) is 46.5 Å². The summed E-state index contributed by atoms with van der Waals surface area (Å²) in [7, 11) is 4.50. The monoisotopic (exact) mass is 399 g/mol. The van der Waals surface area contributed by atoms with Crippen LogP contribution in [0.15, 0.2) is 30.5 Å². The number of amides is 2. The first kappa shape index (κ1) is 20.4. The number of pyridine rings is 1. The van der Waals surface area contributed by atoms with E-state index in [1.165, 1.54) is 33.6 Å². The number of rotatable bonds is 7. The Labute approximate surface area is 169 Å². The maximum absolute atomic E-state index is 12.7. The number of carbonyl (C=O) groups is 2. The SMILES string of the molecule is COc1cc(NC(=O)c2cc(C(=O)NC3CCCC3)ccn2)cc(OC)c1OC. The van der Waals surface area contributed by atoms with Gasteiger partial charge >= 0.3 is 0 Å². The fourth-order valence-electron chi connectivity index (χ4n) is 3.38. The van der Waals surface area contributed by atoms with Crippen molar-refractivity contribution in [3.63, 3.8) is 0 Å². The summed E-state index contributed by atoms with van der Waals surface area (Å²) >= 11 is 0. The van der Waals surface area contributed by atoms with Crippen LogP contribution in [0.2, 0.25) is 0 Å². The number of methoxy groups -OCH3 is 3. The summed E-state index contributed by atoms with van der Waals surface area (Å²) in [6, 6.07) is 6.52. The van der Waals surface area contributed by atoms with Gasteiger partial charge < -0.3 is 24.8 Å². The highest BCUT2D eigenvalue weighted by atomic mass is 16.5. The lowest BCUT2D eigenvalue weighted by molar-refractivity contribution is 0.0937. The smallest absolute Gasteiger partial charge is 0.274 e. The number of ether oxygens (including phenoxy) is 3. The molecular formula is C21H25N3O5. The number of benzene rings is 1. The molecule has 29 heavy (non-hydrogen) atoms. The van der Waals surface area contributed by atoms with Gasteiger partial charge in [-0.05, 0) is 25.0 Å². The highest BCUT2D eigenvalue weighted by Gasteiger charge is 2.20. The minimum absolute atomic E-state index is 0.137. The van der Waals surface area contributed by atoms with E-state index in [1.807, 2.05) is 0 Å². The van der Waals surface area contributed by atoms with E-state index in [9.17, 15) is 9.59 Å². The van der Waals surface area contributed by atoms with Crippen LogP contribution in [0.4, 0.5) is 5.69 Å². The third-order valence-corrected chi connectivity index (χ3v) is 4.87. The van der Waals surface area contributed by atoms with Gasteiger partial charge in [0.2, 0.25) is 5.75 Å². The standard InChI is InChI=1S/C21H25N3O5/c1-27-17-11-15(12-18(28-2)19(17)29-3)24-21(26)16-10-13(8-9-22-16)20(25)23-14-6-4-5-7-14/h8-12,14H,4-7H2,1-3H3,(H,23,25)(H,24,26). The number of anilines is 1. The summed E-state index contributed by atoms with van der Waals surface area (Å²) in [5, 5.41) is 5.76. The van der Waals surface area contributed by atoms with Crippen LogP contribution < -0.4 is 24.8 Å². The van der Waals surface area contributed by atoms with Gasteiger partial charge in [0.15, 0.2) is 11.5 Å². The van der Waals surface area contributed by atoms with Crippen LogP contribution >= 0.6 is 0 Å². The second kappa shape index (κ2) is 9.27. The van der Waals surface area contributed by atoms with Crippen molar-refractivity contribution >= 4 is 17.5 Å². The quantitative estimate of drug-likeness (QED) is 0.743. The minimum atomic E-state index is -0.449. The molecule has 154 valence electrons. The lowest BCUT2D eigenvalue weighted by atomic mass is 10.1. The summed E-state index contributed by atoms with van der Waals surface area (Å²) in [6.45, 7) is 0. The number of nitrogens with one attached hydrogen (secondary N) is 2. The molecule has 2 amide bonds. The second-order valence-electron chi connectivity index (χ2n) is 6.75. The van der Waals surface area contributed by atoms with Crippen molar-refractivity contribution in [2.24, 2.45) is 0 Å². The predicted molar refractivity (Wildman–Crippen MR) is 108 cm³/mol. The Hall–Kier alpha value is -3.29. The summed E-state index contributed by atoms with van der Waals surface area (Å²) in [6.07, 6.45) is 5.69. The summed E-state index contributed by atoms with van der Waals surface area (Å²) in [5.74, 6) is 0.618. The number of hydrogen-bond donors (Lipinski definition) is 2. The maximum Gasteiger partial charge on any atom is 0.274 e. The molecule has 0 radical (unpaired) electrons. The molecule has 0 saturated heterocycles. The summed E-state index contributed by atoms with van der Waals surface area (Å²) < 4.78 is 15.9. The minimum Gasteiger partial charge on any atom is -0.493 e. The van der Waals surface area contributed by atoms with Gasteiger partial charge in [-0.1, -0.05) is 12.8 Å². The maximum atomic E-state index is 12.7. The Morgan fingerprint density at radius 1 is 0.966 bits per heavy atom. The fraction of sp³-hybridized carbons (Fsp3) is 0.381. The zero-order chi connectivity index (χ0) is 20.8. The zero-order valence-electron chi connectivity index (χ0n) is 16.8.